The van der Waals surface area contributed by atoms with Gasteiger partial charge in [0, 0.05) is 25.2 Å². The standard InChI is InChI=1S/C20H18FN5O2.ClH/c21-15-10-17-18(11-16(15)24-8-6-14(23)7-9-24)26(28)20(19(12-22)25(17)27)13-4-2-1-3-5-13;/h1-5,10-11,14H,6-9,23H2;1H. The Morgan fingerprint density at radius 2 is 1.69 bits per heavy atom. The van der Waals surface area contributed by atoms with Crippen molar-refractivity contribution in [2.75, 3.05) is 18.0 Å². The number of benzene rings is 2. The molecule has 3 aromatic rings. The van der Waals surface area contributed by atoms with E-state index in [0.717, 1.165) is 18.9 Å². The van der Waals surface area contributed by atoms with Crippen molar-refractivity contribution in [3.63, 3.8) is 0 Å². The number of nitrogens with two attached hydrogens (primary N) is 1. The molecular formula is C20H19ClFN5O2. The Bertz CT molecular complexity index is 1100. The quantitative estimate of drug-likeness (QED) is 0.509. The van der Waals surface area contributed by atoms with Gasteiger partial charge in [-0.1, -0.05) is 18.2 Å². The molecule has 1 saturated heterocycles. The molecule has 29 heavy (non-hydrogen) atoms. The van der Waals surface area contributed by atoms with Crippen LogP contribution in [0, 0.1) is 27.6 Å². The molecule has 0 spiro atoms. The van der Waals surface area contributed by atoms with Gasteiger partial charge < -0.3 is 21.0 Å². The van der Waals surface area contributed by atoms with Crippen molar-refractivity contribution in [2.45, 2.75) is 18.9 Å². The van der Waals surface area contributed by atoms with Crippen LogP contribution in [0.25, 0.3) is 22.3 Å². The number of fused-ring (bicyclic) bond motifs is 1. The minimum absolute atomic E-state index is 0. The van der Waals surface area contributed by atoms with Crippen LogP contribution in [0.15, 0.2) is 42.5 Å². The number of aromatic nitrogens is 2. The molecule has 1 aliphatic rings. The maximum absolute atomic E-state index is 14.8. The Hall–Kier alpha value is -3.15. The number of nitrogens with zero attached hydrogens (tertiary/aromatic N) is 4. The van der Waals surface area contributed by atoms with Gasteiger partial charge in [0.25, 0.3) is 11.0 Å². The smallest absolute Gasteiger partial charge is 0.369 e. The Morgan fingerprint density at radius 1 is 1.07 bits per heavy atom. The second-order valence-electron chi connectivity index (χ2n) is 6.88. The highest BCUT2D eigenvalue weighted by Gasteiger charge is 2.32. The van der Waals surface area contributed by atoms with Crippen molar-refractivity contribution in [1.29, 1.82) is 5.26 Å². The zero-order valence-electron chi connectivity index (χ0n) is 15.4. The summed E-state index contributed by atoms with van der Waals surface area (Å²) < 4.78 is 15.6. The van der Waals surface area contributed by atoms with Crippen LogP contribution in [0.4, 0.5) is 10.1 Å². The van der Waals surface area contributed by atoms with Gasteiger partial charge in [0.05, 0.1) is 17.3 Å². The summed E-state index contributed by atoms with van der Waals surface area (Å²) in [5, 5.41) is 35.3. The topological polar surface area (TPSA) is 107 Å². The molecule has 7 nitrogen and oxygen atoms in total. The number of hydrogen-bond acceptors (Lipinski definition) is 5. The van der Waals surface area contributed by atoms with Crippen LogP contribution in [-0.2, 0) is 0 Å². The average Bonchev–Trinajstić information content (AvgIpc) is 2.71. The van der Waals surface area contributed by atoms with Gasteiger partial charge in [0.1, 0.15) is 0 Å². The van der Waals surface area contributed by atoms with Gasteiger partial charge in [-0.25, -0.2) is 4.39 Å². The van der Waals surface area contributed by atoms with Gasteiger partial charge >= 0.3 is 11.4 Å². The van der Waals surface area contributed by atoms with Gasteiger partial charge in [0.2, 0.25) is 0 Å². The van der Waals surface area contributed by atoms with Crippen LogP contribution >= 0.6 is 12.4 Å². The van der Waals surface area contributed by atoms with Crippen LogP contribution in [0.3, 0.4) is 0 Å². The fourth-order valence-electron chi connectivity index (χ4n) is 3.63. The second kappa shape index (κ2) is 8.07. The zero-order valence-corrected chi connectivity index (χ0v) is 16.2. The molecule has 1 aliphatic heterocycles. The van der Waals surface area contributed by atoms with E-state index in [1.807, 2.05) is 4.90 Å². The van der Waals surface area contributed by atoms with Crippen molar-refractivity contribution >= 4 is 29.1 Å². The third-order valence-corrected chi connectivity index (χ3v) is 5.15. The normalized spacial score (nSPS) is 14.4. The summed E-state index contributed by atoms with van der Waals surface area (Å²) in [7, 11) is 0. The highest BCUT2D eigenvalue weighted by atomic mass is 35.5. The van der Waals surface area contributed by atoms with E-state index in [1.54, 1.807) is 36.4 Å². The number of hydrogen-bond donors (Lipinski definition) is 1. The van der Waals surface area contributed by atoms with E-state index in [2.05, 4.69) is 0 Å². The van der Waals surface area contributed by atoms with Crippen LogP contribution in [0.1, 0.15) is 18.5 Å². The Balaban J connectivity index is 0.00000240. The molecule has 1 aromatic heterocycles. The monoisotopic (exact) mass is 415 g/mol. The SMILES string of the molecule is Cl.N#Cc1c(-c2ccccc2)[n+]([O-])c2cc(N3CCC(N)CC3)c(F)cc2[n+]1[O-]. The lowest BCUT2D eigenvalue weighted by molar-refractivity contribution is -0.622. The molecule has 150 valence electrons. The summed E-state index contributed by atoms with van der Waals surface area (Å²) >= 11 is 0. The van der Waals surface area contributed by atoms with Crippen molar-refractivity contribution in [3.8, 4) is 17.3 Å². The lowest BCUT2D eigenvalue weighted by Gasteiger charge is -2.32. The van der Waals surface area contributed by atoms with E-state index in [0.29, 0.717) is 28.1 Å². The highest BCUT2D eigenvalue weighted by molar-refractivity contribution is 5.85. The van der Waals surface area contributed by atoms with Crippen LogP contribution < -0.4 is 20.1 Å². The Labute approximate surface area is 173 Å². The van der Waals surface area contributed by atoms with Gasteiger partial charge in [-0.3, -0.25) is 0 Å². The summed E-state index contributed by atoms with van der Waals surface area (Å²) in [6.07, 6.45) is 1.44. The van der Waals surface area contributed by atoms with Gasteiger partial charge in [-0.2, -0.15) is 9.99 Å². The summed E-state index contributed by atoms with van der Waals surface area (Å²) in [5.74, 6) is -0.607. The number of piperidine rings is 1. The largest absolute Gasteiger partial charge is 0.617 e. The molecule has 9 heteroatoms. The van der Waals surface area contributed by atoms with E-state index < -0.39 is 5.82 Å². The maximum atomic E-state index is 14.8. The summed E-state index contributed by atoms with van der Waals surface area (Å²) in [6.45, 7) is 1.14. The van der Waals surface area contributed by atoms with Crippen LogP contribution in [0.5, 0.6) is 0 Å². The molecular weight excluding hydrogens is 397 g/mol. The average molecular weight is 416 g/mol. The number of rotatable bonds is 2. The van der Waals surface area contributed by atoms with E-state index >= 15 is 0 Å². The highest BCUT2D eigenvalue weighted by Crippen LogP contribution is 2.28. The third kappa shape index (κ3) is 3.50. The number of halogens is 2. The third-order valence-electron chi connectivity index (χ3n) is 5.15. The predicted octanol–water partition coefficient (Wildman–Crippen LogP) is 2.13. The molecule has 0 bridgehead atoms. The second-order valence-corrected chi connectivity index (χ2v) is 6.88. The number of anilines is 1. The van der Waals surface area contributed by atoms with E-state index in [1.165, 1.54) is 6.07 Å². The Morgan fingerprint density at radius 3 is 2.31 bits per heavy atom. The van der Waals surface area contributed by atoms with Crippen molar-refractivity contribution in [2.24, 2.45) is 5.73 Å². The molecule has 0 saturated carbocycles. The molecule has 2 heterocycles. The van der Waals surface area contributed by atoms with Crippen molar-refractivity contribution < 1.29 is 13.9 Å². The summed E-state index contributed by atoms with van der Waals surface area (Å²) in [4.78, 5) is 1.83. The lowest BCUT2D eigenvalue weighted by atomic mass is 10.0. The fourth-order valence-corrected chi connectivity index (χ4v) is 3.63. The molecule has 0 unspecified atom stereocenters. The first-order chi connectivity index (χ1) is 13.5. The first-order valence-corrected chi connectivity index (χ1v) is 8.99. The molecule has 2 aromatic carbocycles. The van der Waals surface area contributed by atoms with Crippen LogP contribution in [0.2, 0.25) is 0 Å². The molecule has 0 aliphatic carbocycles. The van der Waals surface area contributed by atoms with Crippen molar-refractivity contribution in [3.05, 3.63) is 64.4 Å². The zero-order chi connectivity index (χ0) is 19.8. The molecule has 1 fully saturated rings. The molecule has 0 atom stereocenters. The summed E-state index contributed by atoms with van der Waals surface area (Å²) in [5.41, 5.74) is 6.02. The van der Waals surface area contributed by atoms with Crippen LogP contribution in [-0.4, -0.2) is 19.1 Å². The maximum Gasteiger partial charge on any atom is 0.369 e. The molecule has 2 N–H and O–H groups in total. The Kier molecular flexibility index (Phi) is 5.73. The van der Waals surface area contributed by atoms with E-state index in [4.69, 9.17) is 5.73 Å². The minimum Gasteiger partial charge on any atom is -0.617 e. The molecule has 4 rings (SSSR count). The van der Waals surface area contributed by atoms with E-state index in [9.17, 15) is 20.1 Å². The van der Waals surface area contributed by atoms with Gasteiger partial charge in [0.15, 0.2) is 11.9 Å². The van der Waals surface area contributed by atoms with E-state index in [-0.39, 0.29) is 46.6 Å². The summed E-state index contributed by atoms with van der Waals surface area (Å²) in [6, 6.07) is 12.8. The first kappa shape index (κ1) is 20.6. The molecule has 0 amide bonds. The molecule has 0 radical (unpaired) electrons. The number of nitriles is 1. The van der Waals surface area contributed by atoms with Crippen molar-refractivity contribution in [1.82, 2.24) is 0 Å². The first-order valence-electron chi connectivity index (χ1n) is 8.99. The fraction of sp³-hybridized carbons (Fsp3) is 0.250. The van der Waals surface area contributed by atoms with Gasteiger partial charge in [-0.15, -0.1) is 17.1 Å². The van der Waals surface area contributed by atoms with Gasteiger partial charge in [-0.05, 0) is 25.0 Å². The minimum atomic E-state index is -0.607. The predicted molar refractivity (Wildman–Crippen MR) is 109 cm³/mol. The lowest BCUT2D eigenvalue weighted by Crippen LogP contribution is -2.44.